The lowest BCUT2D eigenvalue weighted by molar-refractivity contribution is 0.466. The standard InChI is InChI=1S/C16H12ClN5O2S2/c1-2-12-21-22-13(23)7-11(18-15(22)26-12)8-25-16-20-19-14(24-16)9-4-3-5-10(17)6-9/h3-7H,2,8H2,1H3. The van der Waals surface area contributed by atoms with Crippen LogP contribution in [-0.4, -0.2) is 24.8 Å². The minimum Gasteiger partial charge on any atom is -0.411 e. The number of hydrogen-bond donors (Lipinski definition) is 0. The van der Waals surface area contributed by atoms with Gasteiger partial charge in [0, 0.05) is 22.4 Å². The third-order valence-corrected chi connectivity index (χ3v) is 5.60. The maximum absolute atomic E-state index is 12.2. The first-order valence-electron chi connectivity index (χ1n) is 7.73. The molecule has 0 aliphatic carbocycles. The highest BCUT2D eigenvalue weighted by atomic mass is 35.5. The van der Waals surface area contributed by atoms with Crippen molar-refractivity contribution in [3.63, 3.8) is 0 Å². The molecule has 0 aliphatic heterocycles. The summed E-state index contributed by atoms with van der Waals surface area (Å²) in [5, 5.41) is 14.2. The van der Waals surface area contributed by atoms with Gasteiger partial charge in [-0.25, -0.2) is 4.98 Å². The summed E-state index contributed by atoms with van der Waals surface area (Å²) in [4.78, 5) is 17.2. The van der Waals surface area contributed by atoms with Gasteiger partial charge in [-0.15, -0.1) is 10.2 Å². The minimum absolute atomic E-state index is 0.188. The van der Waals surface area contributed by atoms with E-state index in [0.29, 0.717) is 32.5 Å². The van der Waals surface area contributed by atoms with E-state index in [9.17, 15) is 4.79 Å². The molecule has 0 radical (unpaired) electrons. The van der Waals surface area contributed by atoms with Crippen LogP contribution < -0.4 is 5.56 Å². The van der Waals surface area contributed by atoms with Gasteiger partial charge in [-0.05, 0) is 24.6 Å². The fraction of sp³-hybridized carbons (Fsp3) is 0.188. The zero-order valence-electron chi connectivity index (χ0n) is 13.5. The van der Waals surface area contributed by atoms with E-state index in [0.717, 1.165) is 17.0 Å². The molecule has 4 rings (SSSR count). The molecule has 0 saturated carbocycles. The van der Waals surface area contributed by atoms with Gasteiger partial charge in [0.25, 0.3) is 10.8 Å². The van der Waals surface area contributed by atoms with Crippen molar-refractivity contribution >= 4 is 39.7 Å². The number of aromatic nitrogens is 5. The quantitative estimate of drug-likeness (QED) is 0.468. The van der Waals surface area contributed by atoms with Crippen molar-refractivity contribution in [3.05, 3.63) is 56.4 Å². The topological polar surface area (TPSA) is 86.2 Å². The van der Waals surface area contributed by atoms with Crippen LogP contribution in [0.25, 0.3) is 16.4 Å². The van der Waals surface area contributed by atoms with Crippen LogP contribution in [0.15, 0.2) is 44.8 Å². The molecule has 26 heavy (non-hydrogen) atoms. The Hall–Kier alpha value is -2.23. The van der Waals surface area contributed by atoms with Crippen LogP contribution >= 0.6 is 34.7 Å². The highest BCUT2D eigenvalue weighted by Crippen LogP contribution is 2.26. The highest BCUT2D eigenvalue weighted by Gasteiger charge is 2.12. The molecular formula is C16H12ClN5O2S2. The van der Waals surface area contributed by atoms with Crippen molar-refractivity contribution < 1.29 is 4.42 Å². The van der Waals surface area contributed by atoms with E-state index in [1.807, 2.05) is 19.1 Å². The fourth-order valence-electron chi connectivity index (χ4n) is 2.25. The lowest BCUT2D eigenvalue weighted by Crippen LogP contribution is -2.15. The molecule has 0 fully saturated rings. The Morgan fingerprint density at radius 2 is 2.19 bits per heavy atom. The largest absolute Gasteiger partial charge is 0.411 e. The number of aryl methyl sites for hydroxylation is 1. The SMILES string of the molecule is CCc1nn2c(=O)cc(CSc3nnc(-c4cccc(Cl)c4)o3)nc2s1. The van der Waals surface area contributed by atoms with Crippen molar-refractivity contribution in [1.82, 2.24) is 24.8 Å². The van der Waals surface area contributed by atoms with Gasteiger partial charge in [0.05, 0.1) is 5.69 Å². The van der Waals surface area contributed by atoms with E-state index in [2.05, 4.69) is 20.3 Å². The van der Waals surface area contributed by atoms with Crippen LogP contribution in [0.5, 0.6) is 0 Å². The number of halogens is 1. The third-order valence-electron chi connectivity index (χ3n) is 3.46. The molecule has 0 atom stereocenters. The number of rotatable bonds is 5. The van der Waals surface area contributed by atoms with Gasteiger partial charge in [-0.3, -0.25) is 4.79 Å². The molecule has 0 N–H and O–H groups in total. The summed E-state index contributed by atoms with van der Waals surface area (Å²) in [6.45, 7) is 1.99. The van der Waals surface area contributed by atoms with Crippen molar-refractivity contribution in [3.8, 4) is 11.5 Å². The van der Waals surface area contributed by atoms with E-state index in [4.69, 9.17) is 16.0 Å². The number of thioether (sulfide) groups is 1. The van der Waals surface area contributed by atoms with Crippen LogP contribution in [0.3, 0.4) is 0 Å². The van der Waals surface area contributed by atoms with Gasteiger partial charge in [0.15, 0.2) is 0 Å². The Morgan fingerprint density at radius 1 is 1.31 bits per heavy atom. The maximum atomic E-state index is 12.2. The van der Waals surface area contributed by atoms with E-state index in [1.54, 1.807) is 12.1 Å². The molecular weight excluding hydrogens is 394 g/mol. The van der Waals surface area contributed by atoms with Gasteiger partial charge >= 0.3 is 0 Å². The first-order chi connectivity index (χ1) is 12.6. The van der Waals surface area contributed by atoms with E-state index in [1.165, 1.54) is 33.7 Å². The second kappa shape index (κ2) is 7.18. The predicted molar refractivity (Wildman–Crippen MR) is 101 cm³/mol. The van der Waals surface area contributed by atoms with Gasteiger partial charge in [-0.2, -0.15) is 9.61 Å². The van der Waals surface area contributed by atoms with Crippen LogP contribution in [0, 0.1) is 0 Å². The van der Waals surface area contributed by atoms with Gasteiger partial charge < -0.3 is 4.42 Å². The molecule has 7 nitrogen and oxygen atoms in total. The van der Waals surface area contributed by atoms with Gasteiger partial charge in [0.2, 0.25) is 10.9 Å². The molecule has 3 heterocycles. The number of benzene rings is 1. The second-order valence-electron chi connectivity index (χ2n) is 5.30. The molecule has 3 aromatic heterocycles. The molecule has 1 aromatic carbocycles. The smallest absolute Gasteiger partial charge is 0.277 e. The summed E-state index contributed by atoms with van der Waals surface area (Å²) in [7, 11) is 0. The minimum atomic E-state index is -0.188. The summed E-state index contributed by atoms with van der Waals surface area (Å²) in [5.74, 6) is 0.843. The number of hydrogen-bond acceptors (Lipinski definition) is 8. The first kappa shape index (κ1) is 17.2. The van der Waals surface area contributed by atoms with Crippen molar-refractivity contribution in [2.75, 3.05) is 0 Å². The molecule has 0 amide bonds. The summed E-state index contributed by atoms with van der Waals surface area (Å²) in [6, 6.07) is 8.68. The summed E-state index contributed by atoms with van der Waals surface area (Å²) in [5.41, 5.74) is 1.21. The summed E-state index contributed by atoms with van der Waals surface area (Å²) >= 11 is 8.72. The Bertz CT molecular complexity index is 1140. The first-order valence-corrected chi connectivity index (χ1v) is 9.91. The molecule has 0 spiro atoms. The van der Waals surface area contributed by atoms with Crippen molar-refractivity contribution in [2.45, 2.75) is 24.3 Å². The Kier molecular flexibility index (Phi) is 4.75. The second-order valence-corrected chi connectivity index (χ2v) is 7.71. The Morgan fingerprint density at radius 3 is 3.00 bits per heavy atom. The zero-order valence-corrected chi connectivity index (χ0v) is 15.9. The summed E-state index contributed by atoms with van der Waals surface area (Å²) < 4.78 is 6.98. The highest BCUT2D eigenvalue weighted by molar-refractivity contribution is 7.98. The van der Waals surface area contributed by atoms with Crippen molar-refractivity contribution in [2.24, 2.45) is 0 Å². The molecule has 10 heteroatoms. The lowest BCUT2D eigenvalue weighted by atomic mass is 10.2. The van der Waals surface area contributed by atoms with E-state index < -0.39 is 0 Å². The monoisotopic (exact) mass is 405 g/mol. The normalized spacial score (nSPS) is 11.3. The average Bonchev–Trinajstić information content (AvgIpc) is 3.27. The van der Waals surface area contributed by atoms with Crippen LogP contribution in [0.2, 0.25) is 5.02 Å². The van der Waals surface area contributed by atoms with E-state index in [-0.39, 0.29) is 5.56 Å². The van der Waals surface area contributed by atoms with E-state index >= 15 is 0 Å². The van der Waals surface area contributed by atoms with Crippen LogP contribution in [0.4, 0.5) is 0 Å². The van der Waals surface area contributed by atoms with Crippen LogP contribution in [0.1, 0.15) is 17.6 Å². The maximum Gasteiger partial charge on any atom is 0.277 e. The third kappa shape index (κ3) is 3.50. The van der Waals surface area contributed by atoms with Gasteiger partial charge in [0.1, 0.15) is 5.01 Å². The molecule has 0 bridgehead atoms. The van der Waals surface area contributed by atoms with Gasteiger partial charge in [-0.1, -0.05) is 47.7 Å². The summed E-state index contributed by atoms with van der Waals surface area (Å²) in [6.07, 6.45) is 0.770. The molecule has 0 aliphatic rings. The predicted octanol–water partition coefficient (Wildman–Crippen LogP) is 3.71. The molecule has 4 aromatic rings. The number of fused-ring (bicyclic) bond motifs is 1. The van der Waals surface area contributed by atoms with Crippen LogP contribution in [-0.2, 0) is 12.2 Å². The number of nitrogens with zero attached hydrogens (tertiary/aromatic N) is 5. The zero-order chi connectivity index (χ0) is 18.1. The molecule has 0 saturated heterocycles. The lowest BCUT2D eigenvalue weighted by Gasteiger charge is -1.97. The fourth-order valence-corrected chi connectivity index (χ4v) is 3.96. The Labute approximate surface area is 161 Å². The van der Waals surface area contributed by atoms with Crippen molar-refractivity contribution in [1.29, 1.82) is 0 Å². The Balaban J connectivity index is 1.52. The molecule has 132 valence electrons. The molecule has 0 unspecified atom stereocenters. The average molecular weight is 406 g/mol.